The predicted molar refractivity (Wildman–Crippen MR) is 86.1 cm³/mol. The second-order valence-corrected chi connectivity index (χ2v) is 4.78. The first kappa shape index (κ1) is 15.4. The summed E-state index contributed by atoms with van der Waals surface area (Å²) in [5.74, 6) is -0.990. The maximum absolute atomic E-state index is 12.5. The van der Waals surface area contributed by atoms with Gasteiger partial charge in [-0.3, -0.25) is 4.79 Å². The molecule has 3 nitrogen and oxygen atoms in total. The van der Waals surface area contributed by atoms with Crippen molar-refractivity contribution in [1.82, 2.24) is 0 Å². The van der Waals surface area contributed by atoms with E-state index < -0.39 is 5.97 Å². The van der Waals surface area contributed by atoms with E-state index in [1.165, 1.54) is 6.92 Å². The molecule has 0 aliphatic carbocycles. The van der Waals surface area contributed by atoms with Crippen molar-refractivity contribution >= 4 is 17.8 Å². The van der Waals surface area contributed by atoms with E-state index in [2.05, 4.69) is 6.58 Å². The molecule has 0 fully saturated rings. The lowest BCUT2D eigenvalue weighted by molar-refractivity contribution is -0.134. The van der Waals surface area contributed by atoms with Crippen molar-refractivity contribution < 1.29 is 14.3 Å². The van der Waals surface area contributed by atoms with Crippen LogP contribution in [0.5, 0.6) is 0 Å². The van der Waals surface area contributed by atoms with Gasteiger partial charge < -0.3 is 4.74 Å². The van der Waals surface area contributed by atoms with Crippen molar-refractivity contribution in [3.63, 3.8) is 0 Å². The van der Waals surface area contributed by atoms with E-state index >= 15 is 0 Å². The Morgan fingerprint density at radius 1 is 0.955 bits per heavy atom. The van der Waals surface area contributed by atoms with Gasteiger partial charge in [-0.2, -0.15) is 0 Å². The van der Waals surface area contributed by atoms with Crippen LogP contribution in [-0.2, 0) is 9.53 Å². The topological polar surface area (TPSA) is 43.4 Å². The summed E-state index contributed by atoms with van der Waals surface area (Å²) < 4.78 is 5.21. The number of rotatable bonds is 5. The van der Waals surface area contributed by atoms with Crippen LogP contribution in [0.15, 0.2) is 78.6 Å². The molecule has 0 N–H and O–H groups in total. The second-order valence-electron chi connectivity index (χ2n) is 4.78. The minimum atomic E-state index is -0.619. The number of esters is 1. The Hall–Kier alpha value is -2.94. The highest BCUT2D eigenvalue weighted by Gasteiger charge is 2.17. The van der Waals surface area contributed by atoms with Crippen molar-refractivity contribution in [3.8, 4) is 0 Å². The summed E-state index contributed by atoms with van der Waals surface area (Å²) in [6.07, 6.45) is 1.55. The molecule has 0 saturated heterocycles. The van der Waals surface area contributed by atoms with Crippen LogP contribution in [0.2, 0.25) is 0 Å². The van der Waals surface area contributed by atoms with Crippen LogP contribution in [0.3, 0.4) is 0 Å². The zero-order valence-corrected chi connectivity index (χ0v) is 12.3. The average Bonchev–Trinajstić information content (AvgIpc) is 2.55. The fraction of sp³-hybridized carbons (Fsp3) is 0.0526. The molecule has 110 valence electrons. The molecule has 22 heavy (non-hydrogen) atoms. The minimum absolute atomic E-state index is 0.0228. The van der Waals surface area contributed by atoms with E-state index in [0.717, 1.165) is 5.56 Å². The van der Waals surface area contributed by atoms with Crippen molar-refractivity contribution in [3.05, 3.63) is 89.7 Å². The number of ketones is 1. The normalized spacial score (nSPS) is 10.9. The Labute approximate surface area is 129 Å². The summed E-state index contributed by atoms with van der Waals surface area (Å²) in [6, 6.07) is 17.9. The van der Waals surface area contributed by atoms with Gasteiger partial charge in [-0.1, -0.05) is 67.2 Å². The number of carbonyl (C=O) groups is 2. The summed E-state index contributed by atoms with van der Waals surface area (Å²) in [5, 5.41) is 0. The van der Waals surface area contributed by atoms with Crippen LogP contribution in [-0.4, -0.2) is 11.8 Å². The number of Topliss-reactive ketones (excluding diaryl/α,β-unsaturated/α-hetero) is 1. The van der Waals surface area contributed by atoms with Crippen LogP contribution in [0.25, 0.3) is 6.08 Å². The molecule has 2 rings (SSSR count). The fourth-order valence-electron chi connectivity index (χ4n) is 1.76. The molecule has 3 heteroatoms. The Bertz CT molecular complexity index is 713. The highest BCUT2D eigenvalue weighted by atomic mass is 16.5. The molecule has 0 radical (unpaired) electrons. The standard InChI is InChI=1S/C19H16O3/c1-14(2)19(21)22-17(13-15-9-5-3-6-10-15)18(20)16-11-7-4-8-12-16/h3-13H,1H2,2H3/b17-13-. The highest BCUT2D eigenvalue weighted by Crippen LogP contribution is 2.15. The Balaban J connectivity index is 2.37. The van der Waals surface area contributed by atoms with Crippen LogP contribution >= 0.6 is 0 Å². The van der Waals surface area contributed by atoms with Gasteiger partial charge in [0.1, 0.15) is 0 Å². The number of allylic oxidation sites excluding steroid dienone is 1. The summed E-state index contributed by atoms with van der Waals surface area (Å²) in [7, 11) is 0. The molecule has 0 amide bonds. The molecule has 0 saturated carbocycles. The molecular formula is C19H16O3. The van der Waals surface area contributed by atoms with E-state index in [4.69, 9.17) is 4.74 Å². The Morgan fingerprint density at radius 3 is 2.05 bits per heavy atom. The Morgan fingerprint density at radius 2 is 1.50 bits per heavy atom. The third-order valence-electron chi connectivity index (χ3n) is 2.91. The molecule has 0 spiro atoms. The predicted octanol–water partition coefficient (Wildman–Crippen LogP) is 4.03. The maximum atomic E-state index is 12.5. The molecule has 0 aromatic heterocycles. The summed E-state index contributed by atoms with van der Waals surface area (Å²) in [4.78, 5) is 24.3. The lowest BCUT2D eigenvalue weighted by Crippen LogP contribution is -2.12. The Kier molecular flexibility index (Phi) is 5.04. The number of carbonyl (C=O) groups excluding carboxylic acids is 2. The van der Waals surface area contributed by atoms with Crippen molar-refractivity contribution in [2.24, 2.45) is 0 Å². The first-order chi connectivity index (χ1) is 10.6. The van der Waals surface area contributed by atoms with E-state index in [9.17, 15) is 9.59 Å². The van der Waals surface area contributed by atoms with Gasteiger partial charge in [0.15, 0.2) is 5.76 Å². The van der Waals surface area contributed by atoms with Crippen molar-refractivity contribution in [2.45, 2.75) is 6.92 Å². The lowest BCUT2D eigenvalue weighted by atomic mass is 10.1. The van der Waals surface area contributed by atoms with Gasteiger partial charge in [-0.25, -0.2) is 4.79 Å². The quantitative estimate of drug-likeness (QED) is 0.362. The first-order valence-corrected chi connectivity index (χ1v) is 6.82. The van der Waals surface area contributed by atoms with Crippen LogP contribution in [0.1, 0.15) is 22.8 Å². The highest BCUT2D eigenvalue weighted by molar-refractivity contribution is 6.11. The summed E-state index contributed by atoms with van der Waals surface area (Å²) >= 11 is 0. The maximum Gasteiger partial charge on any atom is 0.338 e. The zero-order valence-electron chi connectivity index (χ0n) is 12.3. The summed E-state index contributed by atoms with van der Waals surface area (Å²) in [5.41, 5.74) is 1.47. The van der Waals surface area contributed by atoms with E-state index in [1.807, 2.05) is 36.4 Å². The SMILES string of the molecule is C=C(C)C(=O)O/C(=C\c1ccccc1)C(=O)c1ccccc1. The fourth-order valence-corrected chi connectivity index (χ4v) is 1.76. The number of ether oxygens (including phenoxy) is 1. The second kappa shape index (κ2) is 7.18. The molecule has 0 unspecified atom stereocenters. The number of hydrogen-bond acceptors (Lipinski definition) is 3. The van der Waals surface area contributed by atoms with E-state index in [-0.39, 0.29) is 17.1 Å². The average molecular weight is 292 g/mol. The number of hydrogen-bond donors (Lipinski definition) is 0. The molecule has 0 atom stereocenters. The molecular weight excluding hydrogens is 276 g/mol. The van der Waals surface area contributed by atoms with Gasteiger partial charge in [0.05, 0.1) is 0 Å². The van der Waals surface area contributed by atoms with Crippen LogP contribution in [0.4, 0.5) is 0 Å². The van der Waals surface area contributed by atoms with Gasteiger partial charge >= 0.3 is 5.97 Å². The monoisotopic (exact) mass is 292 g/mol. The summed E-state index contributed by atoms with van der Waals surface area (Å²) in [6.45, 7) is 5.07. The molecule has 2 aromatic rings. The van der Waals surface area contributed by atoms with Gasteiger partial charge in [0.25, 0.3) is 0 Å². The van der Waals surface area contributed by atoms with Gasteiger partial charge in [0, 0.05) is 11.1 Å². The minimum Gasteiger partial charge on any atom is -0.419 e. The molecule has 0 aliphatic heterocycles. The third kappa shape index (κ3) is 4.03. The largest absolute Gasteiger partial charge is 0.419 e. The van der Waals surface area contributed by atoms with Gasteiger partial charge in [-0.05, 0) is 18.6 Å². The molecule has 2 aromatic carbocycles. The van der Waals surface area contributed by atoms with Gasteiger partial charge in [-0.15, -0.1) is 0 Å². The number of benzene rings is 2. The third-order valence-corrected chi connectivity index (χ3v) is 2.91. The van der Waals surface area contributed by atoms with E-state index in [0.29, 0.717) is 5.56 Å². The zero-order chi connectivity index (χ0) is 15.9. The smallest absolute Gasteiger partial charge is 0.338 e. The van der Waals surface area contributed by atoms with Crippen LogP contribution in [0, 0.1) is 0 Å². The van der Waals surface area contributed by atoms with Crippen LogP contribution < -0.4 is 0 Å². The van der Waals surface area contributed by atoms with Gasteiger partial charge in [0.2, 0.25) is 5.78 Å². The van der Waals surface area contributed by atoms with Crippen molar-refractivity contribution in [2.75, 3.05) is 0 Å². The molecule has 0 bridgehead atoms. The van der Waals surface area contributed by atoms with Crippen molar-refractivity contribution in [1.29, 1.82) is 0 Å². The lowest BCUT2D eigenvalue weighted by Gasteiger charge is -2.08. The van der Waals surface area contributed by atoms with E-state index in [1.54, 1.807) is 30.3 Å². The first-order valence-electron chi connectivity index (χ1n) is 6.82. The molecule has 0 heterocycles. The molecule has 0 aliphatic rings.